The van der Waals surface area contributed by atoms with E-state index in [0.29, 0.717) is 42.1 Å². The van der Waals surface area contributed by atoms with Crippen LogP contribution in [0.2, 0.25) is 0 Å². The Balaban J connectivity index is 1.74. The van der Waals surface area contributed by atoms with Crippen molar-refractivity contribution in [2.45, 2.75) is 13.0 Å². The number of rotatable bonds is 4. The van der Waals surface area contributed by atoms with E-state index in [4.69, 9.17) is 14.7 Å². The van der Waals surface area contributed by atoms with Gasteiger partial charge < -0.3 is 14.8 Å². The summed E-state index contributed by atoms with van der Waals surface area (Å²) in [6.07, 6.45) is 0.474. The predicted octanol–water partition coefficient (Wildman–Crippen LogP) is 3.36. The molecule has 0 aromatic heterocycles. The fourth-order valence-electron chi connectivity index (χ4n) is 2.56. The van der Waals surface area contributed by atoms with Gasteiger partial charge in [-0.2, -0.15) is 5.26 Å². The maximum atomic E-state index is 13.7. The summed E-state index contributed by atoms with van der Waals surface area (Å²) < 4.78 is 37.8. The zero-order valence-corrected chi connectivity index (χ0v) is 12.2. The van der Waals surface area contributed by atoms with E-state index in [-0.39, 0.29) is 18.2 Å². The van der Waals surface area contributed by atoms with E-state index in [9.17, 15) is 8.78 Å². The normalized spacial score (nSPS) is 12.9. The zero-order chi connectivity index (χ0) is 16.2. The van der Waals surface area contributed by atoms with Crippen LogP contribution in [0.5, 0.6) is 5.75 Å². The highest BCUT2D eigenvalue weighted by Gasteiger charge is 2.17. The van der Waals surface area contributed by atoms with Crippen molar-refractivity contribution in [2.75, 3.05) is 18.7 Å². The molecule has 1 N–H and O–H groups in total. The molecule has 1 aliphatic heterocycles. The van der Waals surface area contributed by atoms with Crippen LogP contribution >= 0.6 is 0 Å². The fourth-order valence-corrected chi connectivity index (χ4v) is 2.56. The number of nitrogens with one attached hydrogen (secondary N) is 1. The monoisotopic (exact) mass is 316 g/mol. The van der Waals surface area contributed by atoms with E-state index in [0.717, 1.165) is 0 Å². The van der Waals surface area contributed by atoms with Crippen molar-refractivity contribution in [3.63, 3.8) is 0 Å². The number of halogens is 2. The molecule has 0 aliphatic carbocycles. The molecule has 0 spiro atoms. The summed E-state index contributed by atoms with van der Waals surface area (Å²) in [7, 11) is 0. The van der Waals surface area contributed by atoms with Crippen molar-refractivity contribution < 1.29 is 18.3 Å². The molecule has 1 heterocycles. The van der Waals surface area contributed by atoms with Gasteiger partial charge in [0.05, 0.1) is 12.3 Å². The van der Waals surface area contributed by atoms with Gasteiger partial charge in [0, 0.05) is 12.1 Å². The van der Waals surface area contributed by atoms with E-state index < -0.39 is 5.82 Å². The van der Waals surface area contributed by atoms with Crippen LogP contribution in [0.4, 0.5) is 14.5 Å². The standard InChI is InChI=1S/C17H14F2N2O2/c18-13-6-11(17-12(7-13)9-22-10-23-17)4-5-21-16-3-1-2-15(19)14(16)8-20/h1-3,6-7,21H,4-5,9-10H2. The Bertz CT molecular complexity index is 772. The van der Waals surface area contributed by atoms with Crippen molar-refractivity contribution in [2.24, 2.45) is 0 Å². The molecule has 0 saturated heterocycles. The molecule has 6 heteroatoms. The van der Waals surface area contributed by atoms with Gasteiger partial charge in [-0.05, 0) is 36.2 Å². The first-order chi connectivity index (χ1) is 11.2. The average molecular weight is 316 g/mol. The number of anilines is 1. The highest BCUT2D eigenvalue weighted by molar-refractivity contribution is 5.58. The van der Waals surface area contributed by atoms with E-state index >= 15 is 0 Å². The summed E-state index contributed by atoms with van der Waals surface area (Å²) in [5.74, 6) is -0.281. The minimum absolute atomic E-state index is 0.0292. The van der Waals surface area contributed by atoms with Gasteiger partial charge >= 0.3 is 0 Å². The molecule has 3 rings (SSSR count). The van der Waals surface area contributed by atoms with Gasteiger partial charge in [0.15, 0.2) is 6.79 Å². The van der Waals surface area contributed by atoms with Crippen molar-refractivity contribution in [3.8, 4) is 11.8 Å². The van der Waals surface area contributed by atoms with Crippen molar-refractivity contribution >= 4 is 5.69 Å². The van der Waals surface area contributed by atoms with Crippen molar-refractivity contribution in [1.29, 1.82) is 5.26 Å². The van der Waals surface area contributed by atoms with Crippen LogP contribution < -0.4 is 10.1 Å². The molecule has 0 bridgehead atoms. The van der Waals surface area contributed by atoms with Crippen LogP contribution in [0, 0.1) is 23.0 Å². The molecule has 23 heavy (non-hydrogen) atoms. The Kier molecular flexibility index (Phi) is 4.40. The summed E-state index contributed by atoms with van der Waals surface area (Å²) in [4.78, 5) is 0. The second kappa shape index (κ2) is 6.63. The molecule has 0 saturated carbocycles. The first kappa shape index (κ1) is 15.3. The van der Waals surface area contributed by atoms with Crippen LogP contribution in [-0.2, 0) is 17.8 Å². The van der Waals surface area contributed by atoms with Crippen LogP contribution in [0.1, 0.15) is 16.7 Å². The lowest BCUT2D eigenvalue weighted by atomic mass is 10.1. The van der Waals surface area contributed by atoms with Crippen LogP contribution in [0.3, 0.4) is 0 Å². The number of fused-ring (bicyclic) bond motifs is 1. The maximum Gasteiger partial charge on any atom is 0.189 e. The lowest BCUT2D eigenvalue weighted by molar-refractivity contribution is -0.0172. The summed E-state index contributed by atoms with van der Waals surface area (Å²) in [5.41, 5.74) is 1.78. The van der Waals surface area contributed by atoms with E-state index in [1.165, 1.54) is 24.3 Å². The number of nitrogens with zero attached hydrogens (tertiary/aromatic N) is 1. The second-order valence-electron chi connectivity index (χ2n) is 5.11. The number of nitriles is 1. The van der Waals surface area contributed by atoms with Gasteiger partial charge in [0.25, 0.3) is 0 Å². The highest BCUT2D eigenvalue weighted by Crippen LogP contribution is 2.30. The summed E-state index contributed by atoms with van der Waals surface area (Å²) in [6, 6.07) is 9.05. The minimum atomic E-state index is -0.568. The van der Waals surface area contributed by atoms with Crippen molar-refractivity contribution in [1.82, 2.24) is 0 Å². The molecule has 0 radical (unpaired) electrons. The third kappa shape index (κ3) is 3.25. The van der Waals surface area contributed by atoms with Gasteiger partial charge in [-0.15, -0.1) is 0 Å². The Morgan fingerprint density at radius 2 is 2.13 bits per heavy atom. The number of hydrogen-bond acceptors (Lipinski definition) is 4. The lowest BCUT2D eigenvalue weighted by Crippen LogP contribution is -2.15. The van der Waals surface area contributed by atoms with E-state index in [2.05, 4.69) is 5.32 Å². The van der Waals surface area contributed by atoms with Crippen LogP contribution in [0.25, 0.3) is 0 Å². The van der Waals surface area contributed by atoms with Gasteiger partial charge in [-0.1, -0.05) is 6.07 Å². The molecule has 1 aliphatic rings. The van der Waals surface area contributed by atoms with Crippen molar-refractivity contribution in [3.05, 3.63) is 58.7 Å². The summed E-state index contributed by atoms with van der Waals surface area (Å²) in [5, 5.41) is 12.0. The maximum absolute atomic E-state index is 13.7. The quantitative estimate of drug-likeness (QED) is 0.940. The molecule has 0 amide bonds. The summed E-state index contributed by atoms with van der Waals surface area (Å²) in [6.45, 7) is 0.871. The molecule has 0 unspecified atom stereocenters. The number of hydrogen-bond donors (Lipinski definition) is 1. The van der Waals surface area contributed by atoms with Gasteiger partial charge in [0.2, 0.25) is 0 Å². The Hall–Kier alpha value is -2.65. The molecular formula is C17H14F2N2O2. The van der Waals surface area contributed by atoms with Gasteiger partial charge in [0.1, 0.15) is 29.0 Å². The topological polar surface area (TPSA) is 54.3 Å². The number of benzene rings is 2. The van der Waals surface area contributed by atoms with Gasteiger partial charge in [-0.3, -0.25) is 0 Å². The molecule has 4 nitrogen and oxygen atoms in total. The second-order valence-corrected chi connectivity index (χ2v) is 5.11. The van der Waals surface area contributed by atoms with E-state index in [1.807, 2.05) is 6.07 Å². The average Bonchev–Trinajstić information content (AvgIpc) is 2.55. The Morgan fingerprint density at radius 1 is 1.26 bits per heavy atom. The molecular weight excluding hydrogens is 302 g/mol. The summed E-state index contributed by atoms with van der Waals surface area (Å²) >= 11 is 0. The Labute approximate surface area is 132 Å². The van der Waals surface area contributed by atoms with Gasteiger partial charge in [-0.25, -0.2) is 8.78 Å². The first-order valence-electron chi connectivity index (χ1n) is 7.13. The minimum Gasteiger partial charge on any atom is -0.467 e. The molecule has 118 valence electrons. The lowest BCUT2D eigenvalue weighted by Gasteiger charge is -2.21. The number of ether oxygens (including phenoxy) is 2. The Morgan fingerprint density at radius 3 is 2.96 bits per heavy atom. The third-order valence-corrected chi connectivity index (χ3v) is 3.59. The van der Waals surface area contributed by atoms with Crippen LogP contribution in [-0.4, -0.2) is 13.3 Å². The molecule has 2 aromatic rings. The van der Waals surface area contributed by atoms with E-state index in [1.54, 1.807) is 6.07 Å². The first-order valence-corrected chi connectivity index (χ1v) is 7.13. The molecule has 0 atom stereocenters. The third-order valence-electron chi connectivity index (χ3n) is 3.59. The smallest absolute Gasteiger partial charge is 0.189 e. The SMILES string of the molecule is N#Cc1c(F)cccc1NCCc1cc(F)cc2c1OCOC2. The largest absolute Gasteiger partial charge is 0.467 e. The zero-order valence-electron chi connectivity index (χ0n) is 12.2. The molecule has 0 fully saturated rings. The molecule has 2 aromatic carbocycles. The highest BCUT2D eigenvalue weighted by atomic mass is 19.1. The fraction of sp³-hybridized carbons (Fsp3) is 0.235. The predicted molar refractivity (Wildman–Crippen MR) is 80.0 cm³/mol. The van der Waals surface area contributed by atoms with Crippen LogP contribution in [0.15, 0.2) is 30.3 Å².